The summed E-state index contributed by atoms with van der Waals surface area (Å²) in [5.74, 6) is -1.79. The summed E-state index contributed by atoms with van der Waals surface area (Å²) < 4.78 is 0. The minimum atomic E-state index is -1.12. The van der Waals surface area contributed by atoms with Crippen LogP contribution in [-0.4, -0.2) is 16.1 Å². The molecule has 6 heteroatoms. The maximum atomic E-state index is 11.5. The number of aliphatic carboxylic acids is 1. The van der Waals surface area contributed by atoms with Gasteiger partial charge < -0.3 is 10.8 Å². The minimum Gasteiger partial charge on any atom is -0.481 e. The number of benzene rings is 1. The monoisotopic (exact) mass is 336 g/mol. The Balaban J connectivity index is 0.00000176. The molecule has 0 fully saturated rings. The van der Waals surface area contributed by atoms with Crippen LogP contribution in [0.1, 0.15) is 5.56 Å². The highest BCUT2D eigenvalue weighted by molar-refractivity contribution is 6.31. The molecule has 0 aliphatic heterocycles. The third-order valence-corrected chi connectivity index (χ3v) is 3.97. The lowest BCUT2D eigenvalue weighted by Crippen LogP contribution is -2.46. The second kappa shape index (κ2) is 6.08. The highest BCUT2D eigenvalue weighted by Gasteiger charge is 2.40. The third-order valence-electron chi connectivity index (χ3n) is 3.74. The van der Waals surface area contributed by atoms with Gasteiger partial charge in [0.05, 0.1) is 11.1 Å². The fraction of sp³-hybridized carbons (Fsp3) is 0.125. The Morgan fingerprint density at radius 1 is 1.32 bits per heavy atom. The molecule has 1 aromatic heterocycles. The quantitative estimate of drug-likeness (QED) is 0.882. The molecular weight excluding hydrogens is 323 g/mol. The van der Waals surface area contributed by atoms with E-state index < -0.39 is 17.4 Å². The first-order valence-corrected chi connectivity index (χ1v) is 6.82. The Bertz CT molecular complexity index is 789. The van der Waals surface area contributed by atoms with Crippen LogP contribution in [0.3, 0.4) is 0 Å². The van der Waals surface area contributed by atoms with Crippen LogP contribution in [0.4, 0.5) is 0 Å². The van der Waals surface area contributed by atoms with Crippen LogP contribution in [0.25, 0.3) is 10.9 Å². The number of halogens is 2. The van der Waals surface area contributed by atoms with Crippen molar-refractivity contribution in [2.75, 3.05) is 0 Å². The summed E-state index contributed by atoms with van der Waals surface area (Å²) in [4.78, 5) is 15.8. The number of carbonyl (C=O) groups is 1. The molecule has 0 radical (unpaired) electrons. The fourth-order valence-corrected chi connectivity index (χ4v) is 2.86. The van der Waals surface area contributed by atoms with E-state index in [1.165, 1.54) is 0 Å². The fourth-order valence-electron chi connectivity index (χ4n) is 2.70. The van der Waals surface area contributed by atoms with Crippen LogP contribution >= 0.6 is 24.0 Å². The van der Waals surface area contributed by atoms with E-state index in [-0.39, 0.29) is 12.4 Å². The van der Waals surface area contributed by atoms with Crippen molar-refractivity contribution >= 4 is 40.9 Å². The van der Waals surface area contributed by atoms with E-state index in [0.717, 1.165) is 10.9 Å². The lowest BCUT2D eigenvalue weighted by Gasteiger charge is -2.33. The number of allylic oxidation sites excluding steroid dienone is 2. The molecule has 0 bridgehead atoms. The molecule has 0 saturated carbocycles. The van der Waals surface area contributed by atoms with Gasteiger partial charge in [-0.2, -0.15) is 0 Å². The summed E-state index contributed by atoms with van der Waals surface area (Å²) in [5, 5.41) is 10.8. The van der Waals surface area contributed by atoms with Crippen molar-refractivity contribution in [1.82, 2.24) is 4.98 Å². The van der Waals surface area contributed by atoms with Crippen molar-refractivity contribution in [2.45, 2.75) is 5.54 Å². The molecule has 3 N–H and O–H groups in total. The number of hydrogen-bond donors (Lipinski definition) is 2. The van der Waals surface area contributed by atoms with Gasteiger partial charge in [0, 0.05) is 16.6 Å². The van der Waals surface area contributed by atoms with Gasteiger partial charge in [-0.15, -0.1) is 12.4 Å². The van der Waals surface area contributed by atoms with Gasteiger partial charge in [-0.05, 0) is 23.8 Å². The maximum absolute atomic E-state index is 11.5. The van der Waals surface area contributed by atoms with Crippen molar-refractivity contribution in [1.29, 1.82) is 0 Å². The van der Waals surface area contributed by atoms with Gasteiger partial charge in [0.15, 0.2) is 0 Å². The molecule has 1 aromatic carbocycles. The number of aromatic nitrogens is 1. The Morgan fingerprint density at radius 3 is 2.82 bits per heavy atom. The summed E-state index contributed by atoms with van der Waals surface area (Å²) in [6.45, 7) is 0. The first-order valence-electron chi connectivity index (χ1n) is 6.45. The van der Waals surface area contributed by atoms with Crippen LogP contribution in [0.2, 0.25) is 5.02 Å². The average Bonchev–Trinajstić information content (AvgIpc) is 2.46. The zero-order valence-electron chi connectivity index (χ0n) is 11.4. The number of carboxylic acid groups (broad SMARTS) is 1. The van der Waals surface area contributed by atoms with Gasteiger partial charge in [0.25, 0.3) is 0 Å². The molecule has 3 rings (SSSR count). The largest absolute Gasteiger partial charge is 0.481 e. The van der Waals surface area contributed by atoms with E-state index in [0.29, 0.717) is 10.5 Å². The van der Waals surface area contributed by atoms with E-state index in [9.17, 15) is 9.90 Å². The zero-order valence-corrected chi connectivity index (χ0v) is 13.0. The Morgan fingerprint density at radius 2 is 2.09 bits per heavy atom. The number of fused-ring (bicyclic) bond motifs is 1. The van der Waals surface area contributed by atoms with Crippen LogP contribution in [0.15, 0.2) is 54.8 Å². The lowest BCUT2D eigenvalue weighted by molar-refractivity contribution is -0.141. The summed E-state index contributed by atoms with van der Waals surface area (Å²) >= 11 is 5.98. The molecule has 1 aliphatic rings. The molecule has 22 heavy (non-hydrogen) atoms. The summed E-state index contributed by atoms with van der Waals surface area (Å²) in [6, 6.07) is 7.06. The predicted molar refractivity (Wildman–Crippen MR) is 89.3 cm³/mol. The van der Waals surface area contributed by atoms with E-state index in [4.69, 9.17) is 17.3 Å². The number of nitrogens with two attached hydrogens (primary N) is 1. The second-order valence-corrected chi connectivity index (χ2v) is 5.45. The average molecular weight is 337 g/mol. The van der Waals surface area contributed by atoms with Gasteiger partial charge in [0.1, 0.15) is 5.92 Å². The van der Waals surface area contributed by atoms with E-state index in [2.05, 4.69) is 4.98 Å². The van der Waals surface area contributed by atoms with Crippen molar-refractivity contribution in [3.05, 3.63) is 65.4 Å². The minimum absolute atomic E-state index is 0. The van der Waals surface area contributed by atoms with Gasteiger partial charge in [-0.3, -0.25) is 9.78 Å². The molecule has 1 heterocycles. The molecule has 0 amide bonds. The smallest absolute Gasteiger partial charge is 0.312 e. The van der Waals surface area contributed by atoms with Crippen LogP contribution in [0.5, 0.6) is 0 Å². The number of carboxylic acids is 1. The molecule has 114 valence electrons. The molecule has 0 spiro atoms. The maximum Gasteiger partial charge on any atom is 0.312 e. The number of pyridine rings is 1. The molecule has 2 aromatic rings. The Kier molecular flexibility index (Phi) is 4.56. The van der Waals surface area contributed by atoms with Gasteiger partial charge in [0.2, 0.25) is 0 Å². The molecule has 2 unspecified atom stereocenters. The summed E-state index contributed by atoms with van der Waals surface area (Å²) in [6.07, 6.45) is 8.40. The van der Waals surface area contributed by atoms with Crippen LogP contribution in [-0.2, 0) is 10.3 Å². The van der Waals surface area contributed by atoms with Gasteiger partial charge in [-0.25, -0.2) is 0 Å². The topological polar surface area (TPSA) is 76.2 Å². The highest BCUT2D eigenvalue weighted by Crippen LogP contribution is 2.36. The number of nitrogens with zero attached hydrogens (tertiary/aromatic N) is 1. The molecule has 0 saturated heterocycles. The molecule has 4 nitrogen and oxygen atoms in total. The van der Waals surface area contributed by atoms with Gasteiger partial charge >= 0.3 is 5.97 Å². The normalized spacial score (nSPS) is 23.3. The van der Waals surface area contributed by atoms with Crippen molar-refractivity contribution in [3.63, 3.8) is 0 Å². The summed E-state index contributed by atoms with van der Waals surface area (Å²) in [5.41, 5.74) is 6.75. The van der Waals surface area contributed by atoms with Crippen molar-refractivity contribution in [3.8, 4) is 0 Å². The SMILES string of the molecule is Cl.NC1(c2ccnc3cc(Cl)ccc23)C=CC=CC1C(=O)O. The third kappa shape index (κ3) is 2.61. The second-order valence-electron chi connectivity index (χ2n) is 5.01. The molecule has 2 atom stereocenters. The van der Waals surface area contributed by atoms with E-state index in [1.54, 1.807) is 48.7 Å². The summed E-state index contributed by atoms with van der Waals surface area (Å²) in [7, 11) is 0. The number of hydrogen-bond acceptors (Lipinski definition) is 3. The number of rotatable bonds is 2. The Labute approximate surface area is 138 Å². The van der Waals surface area contributed by atoms with E-state index in [1.807, 2.05) is 6.07 Å². The predicted octanol–water partition coefficient (Wildman–Crippen LogP) is 3.29. The van der Waals surface area contributed by atoms with E-state index >= 15 is 0 Å². The highest BCUT2D eigenvalue weighted by atomic mass is 35.5. The first kappa shape index (κ1) is 16.5. The lowest BCUT2D eigenvalue weighted by atomic mass is 9.75. The van der Waals surface area contributed by atoms with Crippen LogP contribution in [0, 0.1) is 5.92 Å². The van der Waals surface area contributed by atoms with Crippen LogP contribution < -0.4 is 5.73 Å². The van der Waals surface area contributed by atoms with Gasteiger partial charge in [-0.1, -0.05) is 42.0 Å². The zero-order chi connectivity index (χ0) is 15.0. The standard InChI is InChI=1S/C16H13ClN2O2.ClH/c17-10-4-5-11-12(6-8-19-14(11)9-10)16(18)7-2-1-3-13(16)15(20)21;/h1-9,13H,18H2,(H,20,21);1H. The van der Waals surface area contributed by atoms with Crippen molar-refractivity contribution in [2.24, 2.45) is 11.7 Å². The Hall–Kier alpha value is -1.88. The first-order chi connectivity index (χ1) is 10.0. The van der Waals surface area contributed by atoms with Crippen molar-refractivity contribution < 1.29 is 9.90 Å². The molecular formula is C16H14Cl2N2O2. The molecule has 1 aliphatic carbocycles.